The Hall–Kier alpha value is 1.13. The van der Waals surface area contributed by atoms with Crippen LogP contribution in [0.15, 0.2) is 0 Å². The van der Waals surface area contributed by atoms with Gasteiger partial charge in [0.05, 0.1) is 0 Å². The first-order chi connectivity index (χ1) is 4.24. The Balaban J connectivity index is -0.0000000257. The molecular formula is C6H15ErO3. The standard InChI is InChI=1S/3C2H5O.Er/c3*1-2-3;/h3*2H2,1H3;/q3*-1;+3. The van der Waals surface area contributed by atoms with Crippen molar-refractivity contribution in [2.75, 3.05) is 19.8 Å². The molecule has 0 heterocycles. The van der Waals surface area contributed by atoms with E-state index in [1.54, 1.807) is 20.8 Å². The molecule has 0 aromatic carbocycles. The summed E-state index contributed by atoms with van der Waals surface area (Å²) in [6, 6.07) is 0. The molecule has 69 valence electrons. The van der Waals surface area contributed by atoms with E-state index in [0.29, 0.717) is 0 Å². The third-order valence-electron chi connectivity index (χ3n) is 0. The largest absolute Gasteiger partial charge is 3.00 e. The van der Waals surface area contributed by atoms with Gasteiger partial charge in [-0.25, -0.2) is 0 Å². The van der Waals surface area contributed by atoms with Gasteiger partial charge in [-0.15, -0.1) is 19.8 Å². The van der Waals surface area contributed by atoms with Gasteiger partial charge in [0.15, 0.2) is 0 Å². The molecule has 0 rings (SSSR count). The predicted molar refractivity (Wildman–Crippen MR) is 31.6 cm³/mol. The zero-order valence-corrected chi connectivity index (χ0v) is 8.49. The van der Waals surface area contributed by atoms with Crippen molar-refractivity contribution < 1.29 is 52.6 Å². The molecule has 0 fully saturated rings. The predicted octanol–water partition coefficient (Wildman–Crippen LogP) is -1.90. The van der Waals surface area contributed by atoms with E-state index < -0.39 is 0 Å². The second kappa shape index (κ2) is 49.5. The van der Waals surface area contributed by atoms with E-state index in [2.05, 4.69) is 0 Å². The van der Waals surface area contributed by atoms with Gasteiger partial charge < -0.3 is 15.3 Å². The van der Waals surface area contributed by atoms with Crippen molar-refractivity contribution in [3.8, 4) is 0 Å². The topological polar surface area (TPSA) is 69.2 Å². The molecule has 0 saturated heterocycles. The molecule has 1 radical (unpaired) electrons. The van der Waals surface area contributed by atoms with Gasteiger partial charge in [0.1, 0.15) is 0 Å². The molecule has 3 nitrogen and oxygen atoms in total. The normalized spacial score (nSPS) is 5.40. The van der Waals surface area contributed by atoms with E-state index in [0.717, 1.165) is 0 Å². The summed E-state index contributed by atoms with van der Waals surface area (Å²) in [6.07, 6.45) is 0. The van der Waals surface area contributed by atoms with Gasteiger partial charge in [-0.05, 0) is 0 Å². The van der Waals surface area contributed by atoms with Gasteiger partial charge in [0.2, 0.25) is 0 Å². The summed E-state index contributed by atoms with van der Waals surface area (Å²) in [4.78, 5) is 0. The second-order valence-corrected chi connectivity index (χ2v) is 0.866. The van der Waals surface area contributed by atoms with Crippen molar-refractivity contribution in [3.05, 3.63) is 0 Å². The van der Waals surface area contributed by atoms with Crippen LogP contribution >= 0.6 is 0 Å². The molecule has 0 spiro atoms. The molecule has 0 N–H and O–H groups in total. The monoisotopic (exact) mass is 301 g/mol. The van der Waals surface area contributed by atoms with Crippen LogP contribution in [0.3, 0.4) is 0 Å². The average Bonchev–Trinajstić information content (AvgIpc) is 1.70. The number of rotatable bonds is 0. The summed E-state index contributed by atoms with van der Waals surface area (Å²) < 4.78 is 0. The Bertz CT molecular complexity index is 17.7. The van der Waals surface area contributed by atoms with Gasteiger partial charge in [-0.3, -0.25) is 0 Å². The third-order valence-corrected chi connectivity index (χ3v) is 0. The minimum atomic E-state index is 0. The average molecular weight is 302 g/mol. The van der Waals surface area contributed by atoms with Crippen molar-refractivity contribution in [2.45, 2.75) is 20.8 Å². The third kappa shape index (κ3) is 475. The van der Waals surface area contributed by atoms with E-state index in [-0.39, 0.29) is 57.1 Å². The molecule has 4 heteroatoms. The quantitative estimate of drug-likeness (QED) is 0.525. The fourth-order valence-electron chi connectivity index (χ4n) is 0. The summed E-state index contributed by atoms with van der Waals surface area (Å²) in [5.74, 6) is 0. The van der Waals surface area contributed by atoms with Crippen LogP contribution in [-0.2, 0) is 0 Å². The van der Waals surface area contributed by atoms with Crippen LogP contribution in [0.2, 0.25) is 0 Å². The zero-order valence-electron chi connectivity index (χ0n) is 6.63. The van der Waals surface area contributed by atoms with Crippen LogP contribution < -0.4 is 15.3 Å². The van der Waals surface area contributed by atoms with Gasteiger partial charge >= 0.3 is 37.3 Å². The first kappa shape index (κ1) is 22.5. The Morgan fingerprint density at radius 3 is 0.700 bits per heavy atom. The van der Waals surface area contributed by atoms with E-state index >= 15 is 0 Å². The summed E-state index contributed by atoms with van der Waals surface area (Å²) in [5, 5.41) is 26.8. The van der Waals surface area contributed by atoms with E-state index in [4.69, 9.17) is 15.3 Å². The maximum absolute atomic E-state index is 8.93. The van der Waals surface area contributed by atoms with Crippen LogP contribution in [0.25, 0.3) is 0 Å². The zero-order chi connectivity index (χ0) is 8.12. The number of hydrogen-bond donors (Lipinski definition) is 0. The molecule has 0 bridgehead atoms. The minimum absolute atomic E-state index is 0. The fourth-order valence-corrected chi connectivity index (χ4v) is 0. The van der Waals surface area contributed by atoms with Crippen molar-refractivity contribution in [2.24, 2.45) is 0 Å². The Kier molecular flexibility index (Phi) is 111. The molecule has 0 unspecified atom stereocenters. The molecule has 0 aliphatic heterocycles. The molecule has 0 aliphatic carbocycles. The van der Waals surface area contributed by atoms with Gasteiger partial charge in [0.25, 0.3) is 0 Å². The smallest absolute Gasteiger partial charge is 0.855 e. The summed E-state index contributed by atoms with van der Waals surface area (Å²) in [6.45, 7) is 4.71. The minimum Gasteiger partial charge on any atom is -0.855 e. The van der Waals surface area contributed by atoms with E-state index in [1.165, 1.54) is 0 Å². The van der Waals surface area contributed by atoms with Gasteiger partial charge in [-0.2, -0.15) is 0 Å². The maximum atomic E-state index is 8.93. The van der Waals surface area contributed by atoms with Gasteiger partial charge in [0, 0.05) is 0 Å². The Morgan fingerprint density at radius 1 is 0.700 bits per heavy atom. The van der Waals surface area contributed by atoms with E-state index in [9.17, 15) is 0 Å². The molecule has 0 saturated carbocycles. The fraction of sp³-hybridized carbons (Fsp3) is 1.00. The van der Waals surface area contributed by atoms with Crippen LogP contribution in [0.1, 0.15) is 20.8 Å². The molecular weight excluding hydrogens is 287 g/mol. The first-order valence-corrected chi connectivity index (χ1v) is 2.99. The summed E-state index contributed by atoms with van der Waals surface area (Å²) >= 11 is 0. The van der Waals surface area contributed by atoms with Crippen molar-refractivity contribution in [1.82, 2.24) is 0 Å². The van der Waals surface area contributed by atoms with Crippen LogP contribution in [0, 0.1) is 37.3 Å². The molecule has 0 atom stereocenters. The number of hydrogen-bond acceptors (Lipinski definition) is 3. The van der Waals surface area contributed by atoms with E-state index in [1.807, 2.05) is 0 Å². The van der Waals surface area contributed by atoms with Crippen molar-refractivity contribution in [3.63, 3.8) is 0 Å². The van der Waals surface area contributed by atoms with Crippen LogP contribution in [-0.4, -0.2) is 19.8 Å². The van der Waals surface area contributed by atoms with Crippen LogP contribution in [0.4, 0.5) is 0 Å². The maximum Gasteiger partial charge on any atom is 3.00 e. The Labute approximate surface area is 92.7 Å². The van der Waals surface area contributed by atoms with Crippen molar-refractivity contribution in [1.29, 1.82) is 0 Å². The Morgan fingerprint density at radius 2 is 0.700 bits per heavy atom. The molecule has 0 amide bonds. The molecule has 0 aromatic rings. The second-order valence-electron chi connectivity index (χ2n) is 0.866. The van der Waals surface area contributed by atoms with Gasteiger partial charge in [-0.1, -0.05) is 20.8 Å². The SMILES string of the molecule is CC[O-].CC[O-].CC[O-].[Er+3]. The van der Waals surface area contributed by atoms with Crippen LogP contribution in [0.5, 0.6) is 0 Å². The first-order valence-electron chi connectivity index (χ1n) is 2.99. The molecule has 0 aromatic heterocycles. The summed E-state index contributed by atoms with van der Waals surface area (Å²) in [7, 11) is 0. The molecule has 0 aliphatic rings. The molecule has 10 heavy (non-hydrogen) atoms. The summed E-state index contributed by atoms with van der Waals surface area (Å²) in [5.41, 5.74) is 0. The van der Waals surface area contributed by atoms with Crippen molar-refractivity contribution >= 4 is 0 Å².